The lowest BCUT2D eigenvalue weighted by molar-refractivity contribution is -0.133. The number of carbonyl (C=O) groups is 1. The van der Waals surface area contributed by atoms with Crippen molar-refractivity contribution in [2.24, 2.45) is 5.10 Å². The summed E-state index contributed by atoms with van der Waals surface area (Å²) in [6.45, 7) is 6.88. The lowest BCUT2D eigenvalue weighted by Crippen LogP contribution is -2.32. The second-order valence-electron chi connectivity index (χ2n) is 7.06. The van der Waals surface area contributed by atoms with Crippen molar-refractivity contribution in [2.45, 2.75) is 32.7 Å². The zero-order valence-electron chi connectivity index (χ0n) is 17.3. The van der Waals surface area contributed by atoms with Gasteiger partial charge in [-0.3, -0.25) is 4.79 Å². The van der Waals surface area contributed by atoms with E-state index in [0.29, 0.717) is 12.8 Å². The minimum absolute atomic E-state index is 0.0600. The zero-order valence-corrected chi connectivity index (χ0v) is 18.9. The van der Waals surface area contributed by atoms with Crippen LogP contribution in [0.2, 0.25) is 0 Å². The van der Waals surface area contributed by atoms with Crippen molar-refractivity contribution in [1.29, 1.82) is 0 Å². The van der Waals surface area contributed by atoms with E-state index in [2.05, 4.69) is 34.7 Å². The van der Waals surface area contributed by atoms with E-state index in [1.54, 1.807) is 12.1 Å². The molecule has 0 N–H and O–H groups in total. The first-order chi connectivity index (χ1) is 14.0. The van der Waals surface area contributed by atoms with E-state index in [1.165, 1.54) is 0 Å². The highest BCUT2D eigenvalue weighted by atomic mass is 79.9. The molecular weight excluding hydrogens is 430 g/mol. The Morgan fingerprint density at radius 2 is 1.79 bits per heavy atom. The third-order valence-electron chi connectivity index (χ3n) is 5.38. The van der Waals surface area contributed by atoms with E-state index in [1.807, 2.05) is 48.5 Å². The molecule has 1 unspecified atom stereocenters. The minimum Gasteiger partial charge on any atom is -0.497 e. The number of hydrazone groups is 1. The van der Waals surface area contributed by atoms with Gasteiger partial charge in [0.2, 0.25) is 5.91 Å². The van der Waals surface area contributed by atoms with Crippen LogP contribution in [0.5, 0.6) is 5.75 Å². The summed E-state index contributed by atoms with van der Waals surface area (Å²) < 4.78 is 6.30. The third-order valence-corrected chi connectivity index (χ3v) is 5.91. The summed E-state index contributed by atoms with van der Waals surface area (Å²) in [5.41, 5.74) is 3.05. The maximum atomic E-state index is 13.1. The molecule has 1 atom stereocenters. The second-order valence-corrected chi connectivity index (χ2v) is 7.98. The third kappa shape index (κ3) is 5.25. The fraction of sp³-hybridized carbons (Fsp3) is 0.391. The van der Waals surface area contributed by atoms with E-state index in [4.69, 9.17) is 9.84 Å². The Morgan fingerprint density at radius 3 is 2.38 bits per heavy atom. The van der Waals surface area contributed by atoms with Crippen LogP contribution in [-0.4, -0.2) is 48.3 Å². The van der Waals surface area contributed by atoms with Crippen LogP contribution >= 0.6 is 15.9 Å². The number of nitrogens with zero attached hydrogens (tertiary/aromatic N) is 3. The number of carbonyl (C=O) groups excluding carboxylic acids is 1. The number of methoxy groups -OCH3 is 1. The van der Waals surface area contributed by atoms with Gasteiger partial charge in [-0.05, 0) is 48.5 Å². The number of ether oxygens (including phenoxy) is 1. The summed E-state index contributed by atoms with van der Waals surface area (Å²) in [5, 5.41) is 6.44. The van der Waals surface area contributed by atoms with Crippen molar-refractivity contribution in [3.8, 4) is 5.75 Å². The van der Waals surface area contributed by atoms with Crippen LogP contribution in [0.15, 0.2) is 58.1 Å². The smallest absolute Gasteiger partial charge is 0.244 e. The lowest BCUT2D eigenvalue weighted by atomic mass is 9.98. The van der Waals surface area contributed by atoms with Crippen molar-refractivity contribution < 1.29 is 9.53 Å². The Hall–Kier alpha value is -2.18. The van der Waals surface area contributed by atoms with Gasteiger partial charge in [-0.25, -0.2) is 5.01 Å². The molecule has 2 aromatic carbocycles. The molecule has 0 aliphatic carbocycles. The normalized spacial score (nSPS) is 16.2. The molecule has 3 rings (SSSR count). The van der Waals surface area contributed by atoms with Gasteiger partial charge in [0, 0.05) is 23.9 Å². The minimum atomic E-state index is -0.0937. The van der Waals surface area contributed by atoms with Gasteiger partial charge in [0.15, 0.2) is 0 Å². The highest BCUT2D eigenvalue weighted by Crippen LogP contribution is 2.34. The first-order valence-corrected chi connectivity index (χ1v) is 10.9. The fourth-order valence-corrected chi connectivity index (χ4v) is 3.82. The Labute approximate surface area is 181 Å². The van der Waals surface area contributed by atoms with Gasteiger partial charge in [0.25, 0.3) is 0 Å². The summed E-state index contributed by atoms with van der Waals surface area (Å²) in [7, 11) is 1.66. The molecule has 29 heavy (non-hydrogen) atoms. The summed E-state index contributed by atoms with van der Waals surface area (Å²) in [4.78, 5) is 15.3. The van der Waals surface area contributed by atoms with Gasteiger partial charge in [0.1, 0.15) is 5.75 Å². The standard InChI is InChI=1S/C23H28BrN3O2/c1-4-26(5-2)15-14-23(28)27-22(18-8-12-20(29-3)13-9-18)16-21(25-27)17-6-10-19(24)11-7-17/h6-13,22H,4-5,14-16H2,1-3H3. The molecule has 2 aromatic rings. The van der Waals surface area contributed by atoms with E-state index in [9.17, 15) is 4.79 Å². The first-order valence-electron chi connectivity index (χ1n) is 10.1. The predicted molar refractivity (Wildman–Crippen MR) is 120 cm³/mol. The second kappa shape index (κ2) is 10.0. The lowest BCUT2D eigenvalue weighted by Gasteiger charge is -2.24. The molecule has 1 heterocycles. The predicted octanol–water partition coefficient (Wildman–Crippen LogP) is 4.87. The molecule has 1 aliphatic rings. The van der Waals surface area contributed by atoms with Crippen molar-refractivity contribution in [3.05, 3.63) is 64.1 Å². The summed E-state index contributed by atoms with van der Waals surface area (Å²) >= 11 is 3.48. The Bertz CT molecular complexity index is 845. The molecule has 0 spiro atoms. The van der Waals surface area contributed by atoms with Gasteiger partial charge in [-0.15, -0.1) is 0 Å². The average Bonchev–Trinajstić information content (AvgIpc) is 3.20. The van der Waals surface area contributed by atoms with E-state index < -0.39 is 0 Å². The van der Waals surface area contributed by atoms with E-state index >= 15 is 0 Å². The Balaban J connectivity index is 1.84. The maximum absolute atomic E-state index is 13.1. The van der Waals surface area contributed by atoms with Crippen LogP contribution in [0, 0.1) is 0 Å². The summed E-state index contributed by atoms with van der Waals surface area (Å²) in [5.74, 6) is 0.866. The van der Waals surface area contributed by atoms with Crippen molar-refractivity contribution in [3.63, 3.8) is 0 Å². The highest BCUT2D eigenvalue weighted by Gasteiger charge is 2.33. The molecular formula is C23H28BrN3O2. The topological polar surface area (TPSA) is 45.1 Å². The molecule has 0 saturated carbocycles. The monoisotopic (exact) mass is 457 g/mol. The molecule has 6 heteroatoms. The largest absolute Gasteiger partial charge is 0.497 e. The van der Waals surface area contributed by atoms with Gasteiger partial charge < -0.3 is 9.64 Å². The highest BCUT2D eigenvalue weighted by molar-refractivity contribution is 9.10. The summed E-state index contributed by atoms with van der Waals surface area (Å²) in [6, 6.07) is 15.9. The fourth-order valence-electron chi connectivity index (χ4n) is 3.55. The Morgan fingerprint density at radius 1 is 1.14 bits per heavy atom. The van der Waals surface area contributed by atoms with E-state index in [0.717, 1.165) is 46.7 Å². The Kier molecular flexibility index (Phi) is 7.45. The quantitative estimate of drug-likeness (QED) is 0.567. The van der Waals surface area contributed by atoms with Crippen LogP contribution in [0.1, 0.15) is 43.9 Å². The van der Waals surface area contributed by atoms with Gasteiger partial charge >= 0.3 is 0 Å². The van der Waals surface area contributed by atoms with Crippen molar-refractivity contribution in [2.75, 3.05) is 26.7 Å². The zero-order chi connectivity index (χ0) is 20.8. The SMILES string of the molecule is CCN(CC)CCC(=O)N1N=C(c2ccc(Br)cc2)CC1c1ccc(OC)cc1. The molecule has 1 amide bonds. The summed E-state index contributed by atoms with van der Waals surface area (Å²) in [6.07, 6.45) is 1.16. The number of benzene rings is 2. The van der Waals surface area contributed by atoms with Gasteiger partial charge in [0.05, 0.1) is 18.9 Å². The molecule has 1 aliphatic heterocycles. The molecule has 0 fully saturated rings. The number of amides is 1. The maximum Gasteiger partial charge on any atom is 0.244 e. The number of halogens is 1. The van der Waals surface area contributed by atoms with Gasteiger partial charge in [-0.2, -0.15) is 5.10 Å². The van der Waals surface area contributed by atoms with Crippen molar-refractivity contribution >= 4 is 27.5 Å². The first kappa shape index (κ1) is 21.5. The van der Waals surface area contributed by atoms with Crippen LogP contribution < -0.4 is 4.74 Å². The number of rotatable bonds is 8. The van der Waals surface area contributed by atoms with Crippen LogP contribution in [0.4, 0.5) is 0 Å². The van der Waals surface area contributed by atoms with Crippen molar-refractivity contribution in [1.82, 2.24) is 9.91 Å². The molecule has 0 aromatic heterocycles. The average molecular weight is 458 g/mol. The number of hydrogen-bond acceptors (Lipinski definition) is 4. The number of hydrogen-bond donors (Lipinski definition) is 0. The van der Waals surface area contributed by atoms with Crippen LogP contribution in [-0.2, 0) is 4.79 Å². The molecule has 5 nitrogen and oxygen atoms in total. The molecule has 0 radical (unpaired) electrons. The van der Waals surface area contributed by atoms with Gasteiger partial charge in [-0.1, -0.05) is 54.0 Å². The van der Waals surface area contributed by atoms with E-state index in [-0.39, 0.29) is 11.9 Å². The van der Waals surface area contributed by atoms with Crippen LogP contribution in [0.3, 0.4) is 0 Å². The molecule has 0 saturated heterocycles. The van der Waals surface area contributed by atoms with Crippen LogP contribution in [0.25, 0.3) is 0 Å². The molecule has 0 bridgehead atoms. The molecule has 154 valence electrons.